The van der Waals surface area contributed by atoms with E-state index >= 15 is 0 Å². The molecule has 0 spiro atoms. The number of nitro benzene ring substituents is 1. The third kappa shape index (κ3) is 9.06. The molecule has 0 aromatic heterocycles. The highest BCUT2D eigenvalue weighted by molar-refractivity contribution is 6.35. The average Bonchev–Trinajstić information content (AvgIpc) is 2.95. The highest BCUT2D eigenvalue weighted by Gasteiger charge is 2.25. The van der Waals surface area contributed by atoms with Crippen LogP contribution in [0.1, 0.15) is 35.3 Å². The molecule has 1 unspecified atom stereocenters. The number of anilines is 1. The van der Waals surface area contributed by atoms with Gasteiger partial charge in [0.05, 0.1) is 35.4 Å². The highest BCUT2D eigenvalue weighted by Crippen LogP contribution is 2.34. The largest absolute Gasteiger partial charge is 0.465 e. The zero-order valence-electron chi connectivity index (χ0n) is 23.3. The summed E-state index contributed by atoms with van der Waals surface area (Å²) < 4.78 is 15.2. The number of nitro groups is 1. The number of halogens is 3. The lowest BCUT2D eigenvalue weighted by atomic mass is 10.0. The van der Waals surface area contributed by atoms with Crippen LogP contribution in [-0.4, -0.2) is 49.5 Å². The van der Waals surface area contributed by atoms with E-state index < -0.39 is 10.9 Å². The van der Waals surface area contributed by atoms with Crippen molar-refractivity contribution >= 4 is 58.1 Å². The maximum Gasteiger partial charge on any atom is 0.345 e. The molecule has 0 radical (unpaired) electrons. The minimum atomic E-state index is -0.834. The van der Waals surface area contributed by atoms with Gasteiger partial charge in [-0.15, -0.1) is 11.6 Å². The van der Waals surface area contributed by atoms with Crippen LogP contribution in [0.15, 0.2) is 54.6 Å². The molecule has 0 N–H and O–H groups in total. The Hall–Kier alpha value is -3.37. The van der Waals surface area contributed by atoms with E-state index in [-0.39, 0.29) is 39.9 Å². The lowest BCUT2D eigenvalue weighted by molar-refractivity contribution is -0.385. The number of alkyl halides is 1. The number of hydrogen-bond donors (Lipinski definition) is 0. The molecule has 0 saturated carbocycles. The fourth-order valence-electron chi connectivity index (χ4n) is 4.02. The molecule has 220 valence electrons. The SMILES string of the molecule is CCc1cccc(C)c1N(C(=O)CCl)C(C)COC.COC(=O)c1cc(Oc2ccc(Cl)cc2Cl)ccc1[N+](=O)[O-]. The lowest BCUT2D eigenvalue weighted by Gasteiger charge is -2.31. The maximum atomic E-state index is 12.2. The lowest BCUT2D eigenvalue weighted by Crippen LogP contribution is -2.43. The Balaban J connectivity index is 0.000000290. The number of nitrogens with zero attached hydrogens (tertiary/aromatic N) is 2. The Labute approximate surface area is 254 Å². The number of rotatable bonds is 10. The zero-order chi connectivity index (χ0) is 30.7. The molecule has 41 heavy (non-hydrogen) atoms. The second-order valence-electron chi connectivity index (χ2n) is 8.74. The standard InChI is InChI=1S/C15H22ClNO2.C14H9Cl2NO5/c1-5-13-8-6-7-11(2)15(13)17(14(18)9-16)12(3)10-19-4;1-21-14(18)10-7-9(3-4-12(10)17(19)20)22-13-5-2-8(15)6-11(13)16/h6-8,12H,5,9-10H2,1-4H3;2-7H,1H3. The molecule has 9 nitrogen and oxygen atoms in total. The van der Waals surface area contributed by atoms with Gasteiger partial charge in [-0.05, 0) is 55.7 Å². The molecule has 1 atom stereocenters. The van der Waals surface area contributed by atoms with E-state index in [9.17, 15) is 19.7 Å². The average molecular weight is 626 g/mol. The summed E-state index contributed by atoms with van der Waals surface area (Å²) in [5.74, 6) is -0.438. The Bertz CT molecular complexity index is 1380. The van der Waals surface area contributed by atoms with E-state index in [1.807, 2.05) is 26.0 Å². The third-order valence-electron chi connectivity index (χ3n) is 5.87. The van der Waals surface area contributed by atoms with Gasteiger partial charge in [-0.1, -0.05) is 48.3 Å². The van der Waals surface area contributed by atoms with Crippen LogP contribution in [0, 0.1) is 17.0 Å². The van der Waals surface area contributed by atoms with Gasteiger partial charge < -0.3 is 19.1 Å². The van der Waals surface area contributed by atoms with Crippen LogP contribution in [0.4, 0.5) is 11.4 Å². The molecular weight excluding hydrogens is 595 g/mol. The summed E-state index contributed by atoms with van der Waals surface area (Å²) in [6, 6.07) is 14.4. The monoisotopic (exact) mass is 624 g/mol. The van der Waals surface area contributed by atoms with Crippen molar-refractivity contribution in [2.75, 3.05) is 31.6 Å². The Morgan fingerprint density at radius 1 is 1.07 bits per heavy atom. The summed E-state index contributed by atoms with van der Waals surface area (Å²) in [5, 5.41) is 11.6. The Morgan fingerprint density at radius 3 is 2.34 bits per heavy atom. The quantitative estimate of drug-likeness (QED) is 0.0986. The van der Waals surface area contributed by atoms with Crippen molar-refractivity contribution in [1.82, 2.24) is 0 Å². The van der Waals surface area contributed by atoms with Gasteiger partial charge in [-0.25, -0.2) is 4.79 Å². The first-order chi connectivity index (χ1) is 19.5. The molecule has 1 amide bonds. The van der Waals surface area contributed by atoms with Crippen molar-refractivity contribution in [2.45, 2.75) is 33.2 Å². The summed E-state index contributed by atoms with van der Waals surface area (Å²) in [4.78, 5) is 35.8. The number of hydrogen-bond acceptors (Lipinski definition) is 7. The predicted octanol–water partition coefficient (Wildman–Crippen LogP) is 7.64. The van der Waals surface area contributed by atoms with E-state index in [0.717, 1.165) is 36.4 Å². The number of amides is 1. The molecule has 12 heteroatoms. The van der Waals surface area contributed by atoms with E-state index in [1.54, 1.807) is 24.1 Å². The fourth-order valence-corrected chi connectivity index (χ4v) is 4.59. The summed E-state index contributed by atoms with van der Waals surface area (Å²) >= 11 is 17.5. The molecule has 0 heterocycles. The number of para-hydroxylation sites is 1. The minimum absolute atomic E-state index is 0.0223. The first-order valence-electron chi connectivity index (χ1n) is 12.4. The first-order valence-corrected chi connectivity index (χ1v) is 13.7. The second kappa shape index (κ2) is 16.2. The van der Waals surface area contributed by atoms with Crippen molar-refractivity contribution in [2.24, 2.45) is 0 Å². The molecule has 0 fully saturated rings. The van der Waals surface area contributed by atoms with Gasteiger partial charge in [-0.3, -0.25) is 14.9 Å². The van der Waals surface area contributed by atoms with Crippen LogP contribution in [0.5, 0.6) is 11.5 Å². The van der Waals surface area contributed by atoms with Crippen molar-refractivity contribution < 1.29 is 28.7 Å². The maximum absolute atomic E-state index is 12.2. The number of ether oxygens (including phenoxy) is 3. The van der Waals surface area contributed by atoms with Gasteiger partial charge in [0.1, 0.15) is 22.9 Å². The van der Waals surface area contributed by atoms with E-state index in [0.29, 0.717) is 17.4 Å². The highest BCUT2D eigenvalue weighted by atomic mass is 35.5. The summed E-state index contributed by atoms with van der Waals surface area (Å²) in [6.45, 7) is 6.56. The molecule has 3 aromatic carbocycles. The number of aryl methyl sites for hydroxylation is 2. The van der Waals surface area contributed by atoms with E-state index in [1.165, 1.54) is 18.2 Å². The third-order valence-corrected chi connectivity index (χ3v) is 6.63. The molecule has 0 aliphatic heterocycles. The predicted molar refractivity (Wildman–Crippen MR) is 161 cm³/mol. The van der Waals surface area contributed by atoms with Crippen LogP contribution in [0.2, 0.25) is 10.0 Å². The normalized spacial score (nSPS) is 11.1. The van der Waals surface area contributed by atoms with Gasteiger partial charge >= 0.3 is 5.97 Å². The molecule has 0 saturated heterocycles. The smallest absolute Gasteiger partial charge is 0.345 e. The number of methoxy groups -OCH3 is 2. The Morgan fingerprint density at radius 2 is 1.78 bits per heavy atom. The number of carbonyl (C=O) groups excluding carboxylic acids is 2. The summed E-state index contributed by atoms with van der Waals surface area (Å²) in [6.07, 6.45) is 0.878. The molecule has 3 aromatic rings. The van der Waals surface area contributed by atoms with Gasteiger partial charge in [0, 0.05) is 24.3 Å². The van der Waals surface area contributed by atoms with Gasteiger partial charge in [0.2, 0.25) is 5.91 Å². The van der Waals surface area contributed by atoms with E-state index in [2.05, 4.69) is 17.7 Å². The van der Waals surface area contributed by atoms with Gasteiger partial charge in [0.15, 0.2) is 0 Å². The topological polar surface area (TPSA) is 108 Å². The molecule has 0 aliphatic rings. The first kappa shape index (κ1) is 33.8. The summed E-state index contributed by atoms with van der Waals surface area (Å²) in [5.41, 5.74) is 2.62. The fraction of sp³-hybridized carbons (Fsp3) is 0.310. The zero-order valence-corrected chi connectivity index (χ0v) is 25.5. The van der Waals surface area contributed by atoms with Crippen molar-refractivity contribution in [1.29, 1.82) is 0 Å². The van der Waals surface area contributed by atoms with E-state index in [4.69, 9.17) is 44.3 Å². The number of esters is 1. The molecular formula is C29H31Cl3N2O7. The van der Waals surface area contributed by atoms with Crippen LogP contribution < -0.4 is 9.64 Å². The van der Waals surface area contributed by atoms with Crippen molar-refractivity contribution in [3.63, 3.8) is 0 Å². The Kier molecular flexibility index (Phi) is 13.3. The molecule has 3 rings (SSSR count). The van der Waals surface area contributed by atoms with Crippen molar-refractivity contribution in [3.8, 4) is 11.5 Å². The van der Waals surface area contributed by atoms with Crippen LogP contribution >= 0.6 is 34.8 Å². The van der Waals surface area contributed by atoms with Crippen molar-refractivity contribution in [3.05, 3.63) is 91.4 Å². The number of benzene rings is 3. The number of carbonyl (C=O) groups is 2. The minimum Gasteiger partial charge on any atom is -0.465 e. The summed E-state index contributed by atoms with van der Waals surface area (Å²) in [7, 11) is 2.77. The molecule has 0 aliphatic carbocycles. The van der Waals surface area contributed by atoms with Crippen LogP contribution in [0.3, 0.4) is 0 Å². The second-order valence-corrected chi connectivity index (χ2v) is 9.85. The van der Waals surface area contributed by atoms with Gasteiger partial charge in [-0.2, -0.15) is 0 Å². The van der Waals surface area contributed by atoms with Gasteiger partial charge in [0.25, 0.3) is 5.69 Å². The van der Waals surface area contributed by atoms with Crippen LogP contribution in [-0.2, 0) is 20.7 Å². The van der Waals surface area contributed by atoms with Crippen LogP contribution in [0.25, 0.3) is 0 Å². The molecule has 0 bridgehead atoms.